The normalized spacial score (nSPS) is 18.4. The second-order valence-corrected chi connectivity index (χ2v) is 7.21. The third-order valence-corrected chi connectivity index (χ3v) is 5.04. The van der Waals surface area contributed by atoms with Gasteiger partial charge in [0.05, 0.1) is 6.54 Å². The molecule has 0 fully saturated rings. The predicted octanol–water partition coefficient (Wildman–Crippen LogP) is 4.16. The van der Waals surface area contributed by atoms with Crippen molar-refractivity contribution >= 4 is 17.6 Å². The lowest BCUT2D eigenvalue weighted by Crippen LogP contribution is -2.63. The summed E-state index contributed by atoms with van der Waals surface area (Å²) in [5.41, 5.74) is -2.49. The van der Waals surface area contributed by atoms with E-state index in [0.29, 0.717) is 11.1 Å². The van der Waals surface area contributed by atoms with E-state index >= 15 is 0 Å². The molecule has 5 nitrogen and oxygen atoms in total. The first kappa shape index (κ1) is 21.3. The summed E-state index contributed by atoms with van der Waals surface area (Å²) in [6.45, 7) is -0.133. The molecule has 32 heavy (non-hydrogen) atoms. The number of nitrogens with one attached hydrogen (secondary N) is 1. The third kappa shape index (κ3) is 3.87. The molecule has 0 radical (unpaired) electrons. The lowest BCUT2D eigenvalue weighted by molar-refractivity contribution is -0.196. The van der Waals surface area contributed by atoms with Gasteiger partial charge in [-0.2, -0.15) is 13.2 Å². The monoisotopic (exact) mass is 437 g/mol. The average molecular weight is 437 g/mol. The number of hydrogen-bond acceptors (Lipinski definition) is 3. The molecule has 3 aromatic carbocycles. The first-order valence-electron chi connectivity index (χ1n) is 9.77. The first-order chi connectivity index (χ1) is 15.3. The van der Waals surface area contributed by atoms with E-state index in [1.807, 2.05) is 5.32 Å². The summed E-state index contributed by atoms with van der Waals surface area (Å²) in [4.78, 5) is 30.7. The van der Waals surface area contributed by atoms with E-state index in [9.17, 15) is 22.8 Å². The van der Waals surface area contributed by atoms with Crippen LogP contribution >= 0.6 is 0 Å². The van der Waals surface area contributed by atoms with E-state index in [-0.39, 0.29) is 17.9 Å². The fourth-order valence-corrected chi connectivity index (χ4v) is 3.44. The number of alkyl halides is 3. The molecule has 1 atom stereocenters. The van der Waals surface area contributed by atoms with E-state index in [1.165, 1.54) is 24.3 Å². The Kier molecular flexibility index (Phi) is 5.52. The van der Waals surface area contributed by atoms with Crippen LogP contribution in [0.3, 0.4) is 0 Å². The van der Waals surface area contributed by atoms with Gasteiger partial charge in [0.15, 0.2) is 0 Å². The molecule has 0 saturated carbocycles. The van der Waals surface area contributed by atoms with Gasteiger partial charge in [-0.1, -0.05) is 78.9 Å². The molecule has 1 heterocycles. The zero-order valence-corrected chi connectivity index (χ0v) is 16.7. The fraction of sp³-hybridized carbons (Fsp3) is 0.125. The standard InChI is InChI=1S/C24H18F3N3O2/c25-24(26,27)23(29-21(31)19-14-8-3-9-15-19)22(32)30(16-17-10-4-1-5-11-17)20(28-23)18-12-6-2-7-13-18/h1-15H,16H2,(H,29,31)/t23-/m0/s1. The number of hydrogen-bond donors (Lipinski definition) is 1. The Balaban J connectivity index is 1.81. The number of amidine groups is 1. The van der Waals surface area contributed by atoms with Crippen LogP contribution < -0.4 is 5.32 Å². The molecule has 3 aromatic rings. The number of carbonyl (C=O) groups excluding carboxylic acids is 2. The van der Waals surface area contributed by atoms with Crippen LogP contribution in [0.2, 0.25) is 0 Å². The number of aliphatic imine (C=N–C) groups is 1. The molecule has 2 amide bonds. The number of amides is 2. The van der Waals surface area contributed by atoms with Crippen molar-refractivity contribution in [2.24, 2.45) is 4.99 Å². The summed E-state index contributed by atoms with van der Waals surface area (Å²) in [6, 6.07) is 24.1. The number of halogens is 3. The molecule has 0 saturated heterocycles. The molecule has 0 unspecified atom stereocenters. The molecule has 162 valence electrons. The van der Waals surface area contributed by atoms with E-state index < -0.39 is 23.7 Å². The van der Waals surface area contributed by atoms with Crippen LogP contribution in [-0.4, -0.2) is 34.4 Å². The summed E-state index contributed by atoms with van der Waals surface area (Å²) < 4.78 is 43.1. The van der Waals surface area contributed by atoms with Gasteiger partial charge in [0.25, 0.3) is 11.8 Å². The van der Waals surface area contributed by atoms with E-state index in [4.69, 9.17) is 0 Å². The Morgan fingerprint density at radius 2 is 1.41 bits per heavy atom. The zero-order chi connectivity index (χ0) is 22.8. The van der Waals surface area contributed by atoms with Gasteiger partial charge >= 0.3 is 11.8 Å². The minimum absolute atomic E-state index is 0.0121. The molecule has 1 N–H and O–H groups in total. The second-order valence-electron chi connectivity index (χ2n) is 7.21. The van der Waals surface area contributed by atoms with Gasteiger partial charge in [0.2, 0.25) is 0 Å². The Labute approximate surface area is 182 Å². The SMILES string of the molecule is O=C(N[C@@]1(C(F)(F)F)N=C(c2ccccc2)N(Cc2ccccc2)C1=O)c1ccccc1. The Hall–Kier alpha value is -3.94. The van der Waals surface area contributed by atoms with Crippen molar-refractivity contribution in [3.63, 3.8) is 0 Å². The van der Waals surface area contributed by atoms with Crippen LogP contribution in [0.1, 0.15) is 21.5 Å². The molecule has 4 rings (SSSR count). The maximum Gasteiger partial charge on any atom is 0.442 e. The summed E-state index contributed by atoms with van der Waals surface area (Å²) >= 11 is 0. The molecule has 8 heteroatoms. The molecule has 0 aliphatic carbocycles. The predicted molar refractivity (Wildman–Crippen MR) is 113 cm³/mol. The quantitative estimate of drug-likeness (QED) is 0.652. The van der Waals surface area contributed by atoms with E-state index in [0.717, 1.165) is 4.90 Å². The lowest BCUT2D eigenvalue weighted by Gasteiger charge is -2.29. The van der Waals surface area contributed by atoms with Crippen LogP contribution in [0.5, 0.6) is 0 Å². The van der Waals surface area contributed by atoms with Crippen molar-refractivity contribution in [3.8, 4) is 0 Å². The smallest absolute Gasteiger partial charge is 0.312 e. The summed E-state index contributed by atoms with van der Waals surface area (Å²) in [6.07, 6.45) is -5.17. The largest absolute Gasteiger partial charge is 0.442 e. The topological polar surface area (TPSA) is 61.8 Å². The fourth-order valence-electron chi connectivity index (χ4n) is 3.44. The van der Waals surface area contributed by atoms with Gasteiger partial charge < -0.3 is 5.32 Å². The summed E-state index contributed by atoms with van der Waals surface area (Å²) in [5, 5.41) is 1.87. The van der Waals surface area contributed by atoms with Gasteiger partial charge in [-0.25, -0.2) is 4.99 Å². The van der Waals surface area contributed by atoms with Gasteiger partial charge in [0, 0.05) is 11.1 Å². The highest BCUT2D eigenvalue weighted by Gasteiger charge is 2.67. The Morgan fingerprint density at radius 3 is 1.97 bits per heavy atom. The molecule has 0 bridgehead atoms. The van der Waals surface area contributed by atoms with Crippen molar-refractivity contribution in [3.05, 3.63) is 108 Å². The highest BCUT2D eigenvalue weighted by Crippen LogP contribution is 2.39. The number of carbonyl (C=O) groups is 2. The average Bonchev–Trinajstić information content (AvgIpc) is 3.08. The Morgan fingerprint density at radius 1 is 0.875 bits per heavy atom. The summed E-state index contributed by atoms with van der Waals surface area (Å²) in [5.74, 6) is -2.57. The molecule has 1 aliphatic heterocycles. The maximum atomic E-state index is 14.4. The molecule has 0 spiro atoms. The Bertz CT molecular complexity index is 1150. The highest BCUT2D eigenvalue weighted by molar-refractivity contribution is 6.16. The van der Waals surface area contributed by atoms with Crippen LogP contribution in [0.15, 0.2) is 96.0 Å². The van der Waals surface area contributed by atoms with Gasteiger partial charge in [0.1, 0.15) is 5.84 Å². The first-order valence-corrected chi connectivity index (χ1v) is 9.77. The van der Waals surface area contributed by atoms with Gasteiger partial charge in [-0.3, -0.25) is 14.5 Å². The minimum Gasteiger partial charge on any atom is -0.312 e. The van der Waals surface area contributed by atoms with E-state index in [1.54, 1.807) is 66.7 Å². The van der Waals surface area contributed by atoms with Gasteiger partial charge in [-0.15, -0.1) is 0 Å². The van der Waals surface area contributed by atoms with Crippen LogP contribution in [0, 0.1) is 0 Å². The van der Waals surface area contributed by atoms with Crippen molar-refractivity contribution in [1.82, 2.24) is 10.2 Å². The molecular formula is C24H18F3N3O2. The zero-order valence-electron chi connectivity index (χ0n) is 16.7. The van der Waals surface area contributed by atoms with Gasteiger partial charge in [-0.05, 0) is 17.7 Å². The minimum atomic E-state index is -5.17. The van der Waals surface area contributed by atoms with Crippen molar-refractivity contribution in [2.45, 2.75) is 18.4 Å². The summed E-state index contributed by atoms with van der Waals surface area (Å²) in [7, 11) is 0. The van der Waals surface area contributed by atoms with Crippen LogP contribution in [-0.2, 0) is 11.3 Å². The molecule has 1 aliphatic rings. The van der Waals surface area contributed by atoms with E-state index in [2.05, 4.69) is 4.99 Å². The van der Waals surface area contributed by atoms with Crippen LogP contribution in [0.4, 0.5) is 13.2 Å². The third-order valence-electron chi connectivity index (χ3n) is 5.04. The van der Waals surface area contributed by atoms with Crippen molar-refractivity contribution in [1.29, 1.82) is 0 Å². The number of nitrogens with zero attached hydrogens (tertiary/aromatic N) is 2. The molecule has 0 aromatic heterocycles. The van der Waals surface area contributed by atoms with Crippen molar-refractivity contribution < 1.29 is 22.8 Å². The highest BCUT2D eigenvalue weighted by atomic mass is 19.4. The molecular weight excluding hydrogens is 419 g/mol. The number of rotatable bonds is 5. The lowest BCUT2D eigenvalue weighted by atomic mass is 10.1. The van der Waals surface area contributed by atoms with Crippen molar-refractivity contribution in [2.75, 3.05) is 0 Å². The van der Waals surface area contributed by atoms with Crippen LogP contribution in [0.25, 0.3) is 0 Å². The number of benzene rings is 3. The second kappa shape index (κ2) is 8.30. The maximum absolute atomic E-state index is 14.4.